The van der Waals surface area contributed by atoms with Crippen molar-refractivity contribution in [3.63, 3.8) is 0 Å². The maximum Gasteiger partial charge on any atom is 0.252 e. The molecule has 0 spiro atoms. The lowest BCUT2D eigenvalue weighted by atomic mass is 9.33. The molecule has 0 unspecified atom stereocenters. The summed E-state index contributed by atoms with van der Waals surface area (Å²) < 4.78 is 152. The average Bonchev–Trinajstić information content (AvgIpc) is 1.22. The molecule has 15 aromatic rings. The number of hydrogen-bond acceptors (Lipinski definition) is 2. The summed E-state index contributed by atoms with van der Waals surface area (Å²) in [6.45, 7) is 5.87. The maximum atomic E-state index is 9.72. The Morgan fingerprint density at radius 1 is 0.341 bits per heavy atom. The van der Waals surface area contributed by atoms with Crippen molar-refractivity contribution in [3.8, 4) is 55.9 Å². The number of nitrogens with zero attached hydrogens (tertiary/aromatic N) is 4. The second-order valence-electron chi connectivity index (χ2n) is 23.8. The van der Waals surface area contributed by atoms with Gasteiger partial charge >= 0.3 is 0 Å². The Balaban J connectivity index is 1.08. The molecule has 0 saturated carbocycles. The minimum Gasteiger partial charge on any atom is -0.310 e. The minimum absolute atomic E-state index is 0.0395. The van der Waals surface area contributed by atoms with Gasteiger partial charge in [-0.1, -0.05) is 263 Å². The third-order valence-corrected chi connectivity index (χ3v) is 17.3. The fourth-order valence-corrected chi connectivity index (χ4v) is 13.8. The van der Waals surface area contributed by atoms with Crippen LogP contribution in [-0.4, -0.2) is 15.8 Å². The van der Waals surface area contributed by atoms with Crippen molar-refractivity contribution in [2.45, 2.75) is 27.2 Å². The monoisotopic (exact) mass is 1140 g/mol. The molecule has 4 heterocycles. The van der Waals surface area contributed by atoms with Gasteiger partial charge in [0, 0.05) is 77.9 Å². The molecule has 0 bridgehead atoms. The van der Waals surface area contributed by atoms with E-state index < -0.39 is 103 Å². The van der Waals surface area contributed by atoms with Crippen molar-refractivity contribution in [2.24, 2.45) is 5.41 Å². The van der Waals surface area contributed by atoms with Gasteiger partial charge in [0.1, 0.15) is 0 Å². The summed E-state index contributed by atoms with van der Waals surface area (Å²) in [5.41, 5.74) is 14.9. The molecule has 0 atom stereocenters. The summed E-state index contributed by atoms with van der Waals surface area (Å²) in [5.74, 6) is 0. The molecule has 13 aromatic carbocycles. The highest BCUT2D eigenvalue weighted by Gasteiger charge is 2.46. The zero-order chi connectivity index (χ0) is 72.5. The van der Waals surface area contributed by atoms with Gasteiger partial charge in [-0.25, -0.2) is 0 Å². The highest BCUT2D eigenvalue weighted by molar-refractivity contribution is 7.00. The Bertz CT molecular complexity index is 5580. The summed E-state index contributed by atoms with van der Waals surface area (Å²) >= 11 is 0. The Kier molecular flexibility index (Phi) is 8.70. The highest BCUT2D eigenvalue weighted by Crippen LogP contribution is 2.54. The van der Waals surface area contributed by atoms with E-state index >= 15 is 0 Å². The minimum atomic E-state index is -0.710. The number of para-hydroxylation sites is 6. The summed E-state index contributed by atoms with van der Waals surface area (Å²) in [6, 6.07) is 61.3. The predicted molar refractivity (Wildman–Crippen MR) is 374 cm³/mol. The third kappa shape index (κ3) is 8.22. The first-order valence-electron chi connectivity index (χ1n) is 37.5. The lowest BCUT2D eigenvalue weighted by molar-refractivity contribution is 0.411. The van der Waals surface area contributed by atoms with Crippen LogP contribution in [0.25, 0.3) is 99.5 Å². The maximum absolute atomic E-state index is 9.72. The Morgan fingerprint density at radius 2 is 0.659 bits per heavy atom. The quantitative estimate of drug-likeness (QED) is 0.134. The number of hydrogen-bond donors (Lipinski definition) is 0. The molecule has 0 amide bonds. The van der Waals surface area contributed by atoms with Crippen molar-refractivity contribution in [2.75, 3.05) is 9.80 Å². The largest absolute Gasteiger partial charge is 0.310 e. The lowest BCUT2D eigenvalue weighted by Crippen LogP contribution is -2.61. The average molecular weight is 1140 g/mol. The molecule has 0 N–H and O–H groups in total. The summed E-state index contributed by atoms with van der Waals surface area (Å²) in [7, 11) is 0. The number of rotatable bonds is 9. The SMILES string of the molecule is [2H]c1c([2H])c([2H])c2c(c1[2H])c1c([2H])c([2H])c([2H])c([2H])c1n2-c1ccc2c(c1)N(c1c(-c3ccccc3)cccc1-c1ccccc1)c1cc(CC(C)(C)C)cc3c1B2c1ccc(-n2c4c([2H])c([2H])c([2H])c([2H])c4c4c([2H])c([2H])c([2H])c([2H])c42)cc1N3c1c(-c2ccccc2)cccc1-c1ccccc1. The van der Waals surface area contributed by atoms with E-state index in [0.717, 1.165) is 89.2 Å². The second-order valence-corrected chi connectivity index (χ2v) is 23.8. The predicted octanol–water partition coefficient (Wildman–Crippen LogP) is 20.2. The molecule has 0 aliphatic carbocycles. The molecular weight excluding hydrogens is 1060 g/mol. The molecule has 0 saturated heterocycles. The van der Waals surface area contributed by atoms with Crippen molar-refractivity contribution in [1.82, 2.24) is 9.13 Å². The van der Waals surface area contributed by atoms with Gasteiger partial charge < -0.3 is 18.9 Å². The van der Waals surface area contributed by atoms with E-state index in [1.807, 2.05) is 109 Å². The van der Waals surface area contributed by atoms with Crippen molar-refractivity contribution >= 4 is 101 Å². The Hall–Kier alpha value is -10.9. The smallest absolute Gasteiger partial charge is 0.252 e. The molecule has 416 valence electrons. The zero-order valence-corrected chi connectivity index (χ0v) is 48.2. The number of aromatic nitrogens is 2. The summed E-state index contributed by atoms with van der Waals surface area (Å²) in [4.78, 5) is 4.61. The van der Waals surface area contributed by atoms with E-state index in [1.165, 1.54) is 0 Å². The van der Waals surface area contributed by atoms with Crippen LogP contribution in [-0.2, 0) is 6.42 Å². The van der Waals surface area contributed by atoms with E-state index in [0.29, 0.717) is 29.2 Å². The van der Waals surface area contributed by atoms with E-state index in [-0.39, 0.29) is 49.0 Å². The molecular formula is C83H61BN4. The number of fused-ring (bicyclic) bond motifs is 10. The van der Waals surface area contributed by atoms with Gasteiger partial charge in [-0.15, -0.1) is 0 Å². The molecule has 0 radical (unpaired) electrons. The molecule has 2 aliphatic rings. The van der Waals surface area contributed by atoms with Crippen molar-refractivity contribution in [1.29, 1.82) is 0 Å². The first-order valence-corrected chi connectivity index (χ1v) is 29.5. The van der Waals surface area contributed by atoms with Gasteiger partial charge in [-0.2, -0.15) is 0 Å². The van der Waals surface area contributed by atoms with Gasteiger partial charge in [0.2, 0.25) is 0 Å². The van der Waals surface area contributed by atoms with E-state index in [2.05, 4.69) is 128 Å². The van der Waals surface area contributed by atoms with Crippen LogP contribution in [0.15, 0.2) is 303 Å². The topological polar surface area (TPSA) is 16.3 Å². The van der Waals surface area contributed by atoms with Gasteiger partial charge in [0.15, 0.2) is 0 Å². The number of anilines is 6. The molecule has 0 fully saturated rings. The fourth-order valence-electron chi connectivity index (χ4n) is 13.8. The molecule has 4 nitrogen and oxygen atoms in total. The van der Waals surface area contributed by atoms with E-state index in [4.69, 9.17) is 11.0 Å². The van der Waals surface area contributed by atoms with Crippen LogP contribution in [0.2, 0.25) is 0 Å². The van der Waals surface area contributed by atoms with Crippen LogP contribution in [0.4, 0.5) is 34.1 Å². The molecule has 2 aliphatic heterocycles. The summed E-state index contributed by atoms with van der Waals surface area (Å²) in [5, 5.41) is -0.251. The molecule has 5 heteroatoms. The lowest BCUT2D eigenvalue weighted by Gasteiger charge is -2.46. The Morgan fingerprint density at radius 3 is 0.977 bits per heavy atom. The normalized spacial score (nSPS) is 15.2. The molecule has 17 rings (SSSR count). The van der Waals surface area contributed by atoms with Crippen LogP contribution in [0.5, 0.6) is 0 Å². The fraction of sp³-hybridized carbons (Fsp3) is 0.0602. The zero-order valence-electron chi connectivity index (χ0n) is 64.2. The van der Waals surface area contributed by atoms with Crippen LogP contribution >= 0.6 is 0 Å². The van der Waals surface area contributed by atoms with Gasteiger partial charge in [-0.3, -0.25) is 0 Å². The number of benzene rings is 13. The molecule has 88 heavy (non-hydrogen) atoms. The second kappa shape index (κ2) is 20.4. The molecule has 2 aromatic heterocycles. The van der Waals surface area contributed by atoms with Crippen LogP contribution in [0, 0.1) is 5.41 Å². The summed E-state index contributed by atoms with van der Waals surface area (Å²) in [6.07, 6.45) is 0.550. The first-order chi connectivity index (χ1) is 50.0. The Labute approximate surface area is 536 Å². The van der Waals surface area contributed by atoms with Gasteiger partial charge in [-0.05, 0) is 117 Å². The van der Waals surface area contributed by atoms with Crippen molar-refractivity contribution < 1.29 is 21.9 Å². The van der Waals surface area contributed by atoms with Crippen LogP contribution < -0.4 is 26.2 Å². The highest BCUT2D eigenvalue weighted by atomic mass is 15.2. The third-order valence-electron chi connectivity index (χ3n) is 17.3. The van der Waals surface area contributed by atoms with Crippen LogP contribution in [0.3, 0.4) is 0 Å². The van der Waals surface area contributed by atoms with Crippen molar-refractivity contribution in [3.05, 3.63) is 308 Å². The van der Waals surface area contributed by atoms with Gasteiger partial charge in [0.05, 0.1) is 55.4 Å². The van der Waals surface area contributed by atoms with Crippen LogP contribution in [0.1, 0.15) is 48.3 Å². The van der Waals surface area contributed by atoms with E-state index in [1.54, 1.807) is 9.13 Å². The first kappa shape index (κ1) is 37.5. The van der Waals surface area contributed by atoms with Gasteiger partial charge in [0.25, 0.3) is 6.71 Å². The van der Waals surface area contributed by atoms with E-state index in [9.17, 15) is 11.0 Å². The standard InChI is InChI=1S/C83H61BN4/c1-83(2,3)54-55-50-78-80-79(51-55)88(82-64(58-30-12-6-13-31-58)40-25-41-65(82)59-32-14-7-15-33-59)77-53-61(86-74-44-22-18-36-68(74)69-37-19-23-45-75(69)86)47-49-71(77)84(80)70-48-46-60(85-72-42-20-16-34-66(72)67-35-17-21-43-73(67)85)52-76(70)87(78)81-62(56-26-8-4-9-27-56)38-24-39-63(81)57-28-10-5-11-29-57/h4-53H,54H2,1-3H3/i16D,17D,18D,19D,20D,21D,22D,23D,34D,35D,36D,37D,42D,43D,44D,45D.